The number of hydrogen-bond donors (Lipinski definition) is 0. The highest BCUT2D eigenvalue weighted by atomic mass is 79.9. The lowest BCUT2D eigenvalue weighted by molar-refractivity contribution is 0.0223. The van der Waals surface area contributed by atoms with Crippen LogP contribution in [-0.2, 0) is 11.2 Å². The van der Waals surface area contributed by atoms with Gasteiger partial charge >= 0.3 is 0 Å². The van der Waals surface area contributed by atoms with Crippen LogP contribution in [0.2, 0.25) is 0 Å². The Morgan fingerprint density at radius 2 is 2.00 bits per heavy atom. The minimum absolute atomic E-state index is 0.332. The predicted molar refractivity (Wildman–Crippen MR) is 78.1 cm³/mol. The fourth-order valence-electron chi connectivity index (χ4n) is 3.37. The summed E-state index contributed by atoms with van der Waals surface area (Å²) in [5, 5.41) is 0. The molecule has 1 fully saturated rings. The van der Waals surface area contributed by atoms with Gasteiger partial charge in [0.2, 0.25) is 0 Å². The molecule has 3 unspecified atom stereocenters. The van der Waals surface area contributed by atoms with Crippen LogP contribution < -0.4 is 0 Å². The topological polar surface area (TPSA) is 9.23 Å². The molecule has 98 valence electrons. The van der Waals surface area contributed by atoms with E-state index in [9.17, 15) is 0 Å². The zero-order valence-electron chi connectivity index (χ0n) is 10.8. The molecule has 2 aliphatic rings. The lowest BCUT2D eigenvalue weighted by atomic mass is 9.82. The number of fused-ring (bicyclic) bond motifs is 1. The molecule has 0 amide bonds. The number of rotatable bonds is 2. The maximum absolute atomic E-state index is 6.03. The van der Waals surface area contributed by atoms with Crippen LogP contribution in [0, 0.1) is 5.92 Å². The first-order valence-corrected chi connectivity index (χ1v) is 8.09. The summed E-state index contributed by atoms with van der Waals surface area (Å²) >= 11 is 3.87. The molecule has 1 heterocycles. The van der Waals surface area contributed by atoms with Crippen molar-refractivity contribution in [3.8, 4) is 0 Å². The predicted octanol–water partition coefficient (Wildman–Crippen LogP) is 4.64. The van der Waals surface area contributed by atoms with Gasteiger partial charge in [0.25, 0.3) is 0 Å². The molecule has 0 bridgehead atoms. The van der Waals surface area contributed by atoms with Gasteiger partial charge < -0.3 is 4.74 Å². The lowest BCUT2D eigenvalue weighted by Crippen LogP contribution is -2.25. The van der Waals surface area contributed by atoms with Crippen molar-refractivity contribution in [2.24, 2.45) is 5.92 Å². The number of hydrogen-bond acceptors (Lipinski definition) is 1. The van der Waals surface area contributed by atoms with Crippen molar-refractivity contribution in [2.75, 3.05) is 6.61 Å². The molecule has 1 saturated carbocycles. The van der Waals surface area contributed by atoms with E-state index < -0.39 is 0 Å². The zero-order valence-corrected chi connectivity index (χ0v) is 12.4. The molecule has 0 spiro atoms. The number of alkyl halides is 1. The zero-order chi connectivity index (χ0) is 12.4. The molecule has 0 saturated heterocycles. The van der Waals surface area contributed by atoms with Crippen molar-refractivity contribution in [3.63, 3.8) is 0 Å². The second-order valence-corrected chi connectivity index (χ2v) is 6.78. The Kier molecular flexibility index (Phi) is 4.05. The number of ether oxygens (including phenoxy) is 1. The van der Waals surface area contributed by atoms with Gasteiger partial charge in [-0.3, -0.25) is 0 Å². The minimum atomic E-state index is 0.332. The Balaban J connectivity index is 1.73. The standard InChI is InChI=1S/C16H21BrO/c17-15-8-4-2-6-13(15)11-16-14-7-3-1-5-12(14)9-10-18-16/h1,3,5,7,13,15-16H,2,4,6,8-11H2. The first kappa shape index (κ1) is 12.7. The van der Waals surface area contributed by atoms with Crippen LogP contribution in [0.3, 0.4) is 0 Å². The summed E-state index contributed by atoms with van der Waals surface area (Å²) in [6, 6.07) is 8.81. The number of benzene rings is 1. The van der Waals surface area contributed by atoms with Gasteiger partial charge in [0.15, 0.2) is 0 Å². The largest absolute Gasteiger partial charge is 0.373 e. The molecule has 0 N–H and O–H groups in total. The third-order valence-electron chi connectivity index (χ3n) is 4.43. The van der Waals surface area contributed by atoms with Gasteiger partial charge in [-0.05, 0) is 42.7 Å². The first-order chi connectivity index (χ1) is 8.84. The normalized spacial score (nSPS) is 31.9. The molecule has 0 aromatic heterocycles. The Hall–Kier alpha value is -0.340. The van der Waals surface area contributed by atoms with Crippen molar-refractivity contribution in [1.82, 2.24) is 0 Å². The average Bonchev–Trinajstić information content (AvgIpc) is 2.42. The summed E-state index contributed by atoms with van der Waals surface area (Å²) in [5.41, 5.74) is 2.93. The van der Waals surface area contributed by atoms with E-state index in [1.165, 1.54) is 43.2 Å². The van der Waals surface area contributed by atoms with Gasteiger partial charge in [-0.15, -0.1) is 0 Å². The SMILES string of the molecule is BrC1CCCCC1CC1OCCc2ccccc21. The minimum Gasteiger partial charge on any atom is -0.373 e. The summed E-state index contributed by atoms with van der Waals surface area (Å²) in [5.74, 6) is 0.787. The molecule has 1 aliphatic heterocycles. The summed E-state index contributed by atoms with van der Waals surface area (Å²) in [6.07, 6.45) is 8.06. The monoisotopic (exact) mass is 308 g/mol. The highest BCUT2D eigenvalue weighted by Crippen LogP contribution is 2.39. The Morgan fingerprint density at radius 1 is 1.17 bits per heavy atom. The van der Waals surface area contributed by atoms with Gasteiger partial charge in [0.1, 0.15) is 0 Å². The van der Waals surface area contributed by atoms with Crippen LogP contribution in [0.25, 0.3) is 0 Å². The summed E-state index contributed by atoms with van der Waals surface area (Å²) in [7, 11) is 0. The highest BCUT2D eigenvalue weighted by molar-refractivity contribution is 9.09. The van der Waals surface area contributed by atoms with E-state index in [1.54, 1.807) is 0 Å². The molecular weight excluding hydrogens is 288 g/mol. The van der Waals surface area contributed by atoms with Crippen molar-refractivity contribution in [1.29, 1.82) is 0 Å². The molecule has 3 atom stereocenters. The van der Waals surface area contributed by atoms with Crippen LogP contribution in [0.4, 0.5) is 0 Å². The summed E-state index contributed by atoms with van der Waals surface area (Å²) in [6.45, 7) is 0.890. The maximum Gasteiger partial charge on any atom is 0.0830 e. The second-order valence-electron chi connectivity index (χ2n) is 5.60. The second kappa shape index (κ2) is 5.75. The van der Waals surface area contributed by atoms with Crippen molar-refractivity contribution in [3.05, 3.63) is 35.4 Å². The fraction of sp³-hybridized carbons (Fsp3) is 0.625. The Bertz CT molecular complexity index is 404. The highest BCUT2D eigenvalue weighted by Gasteiger charge is 2.29. The molecule has 1 aromatic rings. The van der Waals surface area contributed by atoms with E-state index in [-0.39, 0.29) is 0 Å². The Morgan fingerprint density at radius 3 is 2.89 bits per heavy atom. The lowest BCUT2D eigenvalue weighted by Gasteiger charge is -2.33. The Labute approximate surface area is 118 Å². The van der Waals surface area contributed by atoms with Crippen LogP contribution in [0.15, 0.2) is 24.3 Å². The molecule has 3 rings (SSSR count). The quantitative estimate of drug-likeness (QED) is 0.723. The van der Waals surface area contributed by atoms with Gasteiger partial charge in [-0.25, -0.2) is 0 Å². The molecule has 18 heavy (non-hydrogen) atoms. The van der Waals surface area contributed by atoms with Gasteiger partial charge in [-0.2, -0.15) is 0 Å². The van der Waals surface area contributed by atoms with Gasteiger partial charge in [0, 0.05) is 4.83 Å². The first-order valence-electron chi connectivity index (χ1n) is 7.18. The summed E-state index contributed by atoms with van der Waals surface area (Å²) in [4.78, 5) is 0.698. The van der Waals surface area contributed by atoms with Crippen LogP contribution >= 0.6 is 15.9 Å². The van der Waals surface area contributed by atoms with Crippen molar-refractivity contribution < 1.29 is 4.74 Å². The van der Waals surface area contributed by atoms with E-state index in [2.05, 4.69) is 40.2 Å². The van der Waals surface area contributed by atoms with Crippen molar-refractivity contribution in [2.45, 2.75) is 49.5 Å². The van der Waals surface area contributed by atoms with E-state index in [4.69, 9.17) is 4.74 Å². The third-order valence-corrected chi connectivity index (χ3v) is 5.63. The molecule has 1 aromatic carbocycles. The van der Waals surface area contributed by atoms with Crippen LogP contribution in [-0.4, -0.2) is 11.4 Å². The van der Waals surface area contributed by atoms with E-state index in [0.717, 1.165) is 18.9 Å². The fourth-order valence-corrected chi connectivity index (χ4v) is 4.18. The molecule has 1 nitrogen and oxygen atoms in total. The van der Waals surface area contributed by atoms with Gasteiger partial charge in [-0.1, -0.05) is 53.0 Å². The molecule has 2 heteroatoms. The molecule has 0 radical (unpaired) electrons. The molecule has 1 aliphatic carbocycles. The van der Waals surface area contributed by atoms with E-state index >= 15 is 0 Å². The molecular formula is C16H21BrO. The van der Waals surface area contributed by atoms with E-state index in [1.807, 2.05) is 0 Å². The maximum atomic E-state index is 6.03. The third kappa shape index (κ3) is 2.65. The van der Waals surface area contributed by atoms with E-state index in [0.29, 0.717) is 10.9 Å². The van der Waals surface area contributed by atoms with Crippen LogP contribution in [0.5, 0.6) is 0 Å². The van der Waals surface area contributed by atoms with Crippen LogP contribution in [0.1, 0.15) is 49.3 Å². The number of halogens is 1. The smallest absolute Gasteiger partial charge is 0.0830 e. The van der Waals surface area contributed by atoms with Crippen molar-refractivity contribution >= 4 is 15.9 Å². The average molecular weight is 309 g/mol. The van der Waals surface area contributed by atoms with Gasteiger partial charge in [0.05, 0.1) is 12.7 Å². The summed E-state index contributed by atoms with van der Waals surface area (Å²) < 4.78 is 6.03.